The lowest BCUT2D eigenvalue weighted by Crippen LogP contribution is -2.55. The number of nitrogens with zero attached hydrogens (tertiary/aromatic N) is 2. The second kappa shape index (κ2) is 6.93. The van der Waals surface area contributed by atoms with E-state index in [1.807, 2.05) is 43.9 Å². The molecule has 1 saturated carbocycles. The normalized spacial score (nSPS) is 19.9. The van der Waals surface area contributed by atoms with E-state index in [2.05, 4.69) is 10.2 Å². The summed E-state index contributed by atoms with van der Waals surface area (Å²) in [6.07, 6.45) is 2.22. The number of carbonyl (C=O) groups excluding carboxylic acids is 2. The molecule has 24 heavy (non-hydrogen) atoms. The van der Waals surface area contributed by atoms with Crippen LogP contribution in [-0.4, -0.2) is 59.9 Å². The summed E-state index contributed by atoms with van der Waals surface area (Å²) in [6.45, 7) is 8.82. The van der Waals surface area contributed by atoms with Crippen molar-refractivity contribution in [1.29, 1.82) is 0 Å². The van der Waals surface area contributed by atoms with E-state index in [1.54, 1.807) is 0 Å². The van der Waals surface area contributed by atoms with Gasteiger partial charge < -0.3 is 10.2 Å². The zero-order valence-corrected chi connectivity index (χ0v) is 14.8. The Kier molecular flexibility index (Phi) is 4.90. The SMILES string of the molecule is Cc1ccc(C(=O)N2CCN(C(C)C(=O)NC3CC3)CC2)c(C)c1. The molecule has 2 fully saturated rings. The number of hydrogen-bond donors (Lipinski definition) is 1. The van der Waals surface area contributed by atoms with Crippen LogP contribution in [0.4, 0.5) is 0 Å². The number of hydrogen-bond acceptors (Lipinski definition) is 3. The Morgan fingerprint density at radius 3 is 2.38 bits per heavy atom. The number of carbonyl (C=O) groups is 2. The number of nitrogens with one attached hydrogen (secondary N) is 1. The van der Waals surface area contributed by atoms with Crippen LogP contribution in [0, 0.1) is 13.8 Å². The summed E-state index contributed by atoms with van der Waals surface area (Å²) in [5, 5.41) is 3.06. The summed E-state index contributed by atoms with van der Waals surface area (Å²) in [6, 6.07) is 6.23. The molecule has 1 atom stereocenters. The third-order valence-electron chi connectivity index (χ3n) is 5.06. The smallest absolute Gasteiger partial charge is 0.254 e. The second-order valence-corrected chi connectivity index (χ2v) is 7.11. The van der Waals surface area contributed by atoms with Crippen LogP contribution in [0.3, 0.4) is 0 Å². The fourth-order valence-corrected chi connectivity index (χ4v) is 3.25. The lowest BCUT2D eigenvalue weighted by atomic mass is 10.0. The highest BCUT2D eigenvalue weighted by molar-refractivity contribution is 5.95. The molecule has 0 aromatic heterocycles. The molecule has 1 aromatic rings. The van der Waals surface area contributed by atoms with E-state index in [9.17, 15) is 9.59 Å². The van der Waals surface area contributed by atoms with Gasteiger partial charge in [0.2, 0.25) is 5.91 Å². The van der Waals surface area contributed by atoms with Crippen LogP contribution < -0.4 is 5.32 Å². The van der Waals surface area contributed by atoms with Crippen molar-refractivity contribution in [2.75, 3.05) is 26.2 Å². The van der Waals surface area contributed by atoms with Gasteiger partial charge in [0.25, 0.3) is 5.91 Å². The molecule has 2 aliphatic rings. The van der Waals surface area contributed by atoms with Gasteiger partial charge in [-0.15, -0.1) is 0 Å². The molecule has 0 bridgehead atoms. The molecule has 0 spiro atoms. The Labute approximate surface area is 144 Å². The van der Waals surface area contributed by atoms with E-state index >= 15 is 0 Å². The molecule has 1 heterocycles. The van der Waals surface area contributed by atoms with Gasteiger partial charge in [-0.25, -0.2) is 0 Å². The van der Waals surface area contributed by atoms with E-state index in [0.717, 1.165) is 37.1 Å². The summed E-state index contributed by atoms with van der Waals surface area (Å²) in [5.41, 5.74) is 2.98. The van der Waals surface area contributed by atoms with Gasteiger partial charge in [-0.05, 0) is 45.2 Å². The van der Waals surface area contributed by atoms with Crippen LogP contribution in [0.5, 0.6) is 0 Å². The third-order valence-corrected chi connectivity index (χ3v) is 5.06. The van der Waals surface area contributed by atoms with Gasteiger partial charge in [0.1, 0.15) is 0 Å². The first kappa shape index (κ1) is 17.0. The molecule has 3 rings (SSSR count). The minimum atomic E-state index is -0.121. The van der Waals surface area contributed by atoms with Crippen molar-refractivity contribution in [2.24, 2.45) is 0 Å². The molecule has 1 aromatic carbocycles. The van der Waals surface area contributed by atoms with Crippen molar-refractivity contribution in [3.63, 3.8) is 0 Å². The monoisotopic (exact) mass is 329 g/mol. The Bertz CT molecular complexity index is 631. The fourth-order valence-electron chi connectivity index (χ4n) is 3.25. The summed E-state index contributed by atoms with van der Waals surface area (Å²) >= 11 is 0. The predicted molar refractivity (Wildman–Crippen MR) is 94.0 cm³/mol. The maximum atomic E-state index is 12.7. The predicted octanol–water partition coefficient (Wildman–Crippen LogP) is 1.73. The van der Waals surface area contributed by atoms with E-state index in [1.165, 1.54) is 5.56 Å². The first-order valence-corrected chi connectivity index (χ1v) is 8.86. The van der Waals surface area contributed by atoms with Crippen molar-refractivity contribution >= 4 is 11.8 Å². The summed E-state index contributed by atoms with van der Waals surface area (Å²) in [7, 11) is 0. The van der Waals surface area contributed by atoms with E-state index < -0.39 is 0 Å². The molecule has 130 valence electrons. The van der Waals surface area contributed by atoms with E-state index in [-0.39, 0.29) is 17.9 Å². The zero-order valence-electron chi connectivity index (χ0n) is 14.8. The average Bonchev–Trinajstić information content (AvgIpc) is 3.37. The Hall–Kier alpha value is -1.88. The molecule has 5 heteroatoms. The number of benzene rings is 1. The molecule has 1 saturated heterocycles. The van der Waals surface area contributed by atoms with Crippen LogP contribution in [0.1, 0.15) is 41.3 Å². The molecular weight excluding hydrogens is 302 g/mol. The first-order valence-electron chi connectivity index (χ1n) is 8.86. The fraction of sp³-hybridized carbons (Fsp3) is 0.579. The molecule has 0 radical (unpaired) electrons. The van der Waals surface area contributed by atoms with Crippen molar-refractivity contribution in [1.82, 2.24) is 15.1 Å². The summed E-state index contributed by atoms with van der Waals surface area (Å²) in [4.78, 5) is 29.0. The maximum absolute atomic E-state index is 12.7. The van der Waals surface area contributed by atoms with Gasteiger partial charge in [0, 0.05) is 37.8 Å². The van der Waals surface area contributed by atoms with Crippen molar-refractivity contribution in [3.8, 4) is 0 Å². The van der Waals surface area contributed by atoms with Gasteiger partial charge >= 0.3 is 0 Å². The minimum absolute atomic E-state index is 0.0993. The van der Waals surface area contributed by atoms with Gasteiger partial charge in [-0.2, -0.15) is 0 Å². The molecule has 5 nitrogen and oxygen atoms in total. The summed E-state index contributed by atoms with van der Waals surface area (Å²) in [5.74, 6) is 0.217. The van der Waals surface area contributed by atoms with Crippen LogP contribution in [0.25, 0.3) is 0 Å². The number of amides is 2. The van der Waals surface area contributed by atoms with E-state index in [4.69, 9.17) is 0 Å². The second-order valence-electron chi connectivity index (χ2n) is 7.11. The van der Waals surface area contributed by atoms with Crippen LogP contribution in [0.2, 0.25) is 0 Å². The Morgan fingerprint density at radius 1 is 1.12 bits per heavy atom. The Balaban J connectivity index is 1.56. The highest BCUT2D eigenvalue weighted by Gasteiger charge is 2.31. The topological polar surface area (TPSA) is 52.7 Å². The zero-order chi connectivity index (χ0) is 17.3. The lowest BCUT2D eigenvalue weighted by Gasteiger charge is -2.37. The highest BCUT2D eigenvalue weighted by Crippen LogP contribution is 2.20. The minimum Gasteiger partial charge on any atom is -0.352 e. The Morgan fingerprint density at radius 2 is 1.79 bits per heavy atom. The van der Waals surface area contributed by atoms with Crippen molar-refractivity contribution in [2.45, 2.75) is 45.7 Å². The van der Waals surface area contributed by atoms with Crippen LogP contribution in [0.15, 0.2) is 18.2 Å². The highest BCUT2D eigenvalue weighted by atomic mass is 16.2. The largest absolute Gasteiger partial charge is 0.352 e. The first-order chi connectivity index (χ1) is 11.5. The number of aryl methyl sites for hydroxylation is 2. The van der Waals surface area contributed by atoms with Gasteiger partial charge in [-0.1, -0.05) is 17.7 Å². The van der Waals surface area contributed by atoms with Crippen LogP contribution >= 0.6 is 0 Å². The van der Waals surface area contributed by atoms with Crippen molar-refractivity contribution < 1.29 is 9.59 Å². The average molecular weight is 329 g/mol. The molecule has 1 unspecified atom stereocenters. The van der Waals surface area contributed by atoms with Gasteiger partial charge in [-0.3, -0.25) is 14.5 Å². The molecular formula is C19H27N3O2. The molecule has 1 aliphatic heterocycles. The van der Waals surface area contributed by atoms with Gasteiger partial charge in [0.15, 0.2) is 0 Å². The summed E-state index contributed by atoms with van der Waals surface area (Å²) < 4.78 is 0. The lowest BCUT2D eigenvalue weighted by molar-refractivity contribution is -0.126. The maximum Gasteiger partial charge on any atom is 0.254 e. The molecule has 1 aliphatic carbocycles. The standard InChI is InChI=1S/C19H27N3O2/c1-13-4-7-17(14(2)12-13)19(24)22-10-8-21(9-11-22)15(3)18(23)20-16-5-6-16/h4,7,12,15-16H,5-6,8-11H2,1-3H3,(H,20,23). The quantitative estimate of drug-likeness (QED) is 0.915. The molecule has 1 N–H and O–H groups in total. The number of piperazine rings is 1. The van der Waals surface area contributed by atoms with Gasteiger partial charge in [0.05, 0.1) is 6.04 Å². The van der Waals surface area contributed by atoms with Crippen molar-refractivity contribution in [3.05, 3.63) is 34.9 Å². The van der Waals surface area contributed by atoms with Crippen LogP contribution in [-0.2, 0) is 4.79 Å². The molecule has 2 amide bonds. The third kappa shape index (κ3) is 3.78. The van der Waals surface area contributed by atoms with E-state index in [0.29, 0.717) is 19.1 Å². The number of rotatable bonds is 4.